The largest absolute Gasteiger partial charge is 0.504 e. The highest BCUT2D eigenvalue weighted by molar-refractivity contribution is 9.13. The Morgan fingerprint density at radius 1 is 1.20 bits per heavy atom. The lowest BCUT2D eigenvalue weighted by molar-refractivity contribution is -0.113. The minimum Gasteiger partial charge on any atom is -0.504 e. The van der Waals surface area contributed by atoms with Gasteiger partial charge in [-0.2, -0.15) is 0 Å². The number of thioether (sulfide) groups is 1. The topological polar surface area (TPSA) is 66.8 Å². The number of para-hydroxylation sites is 1. The van der Waals surface area contributed by atoms with Crippen molar-refractivity contribution < 1.29 is 19.4 Å². The van der Waals surface area contributed by atoms with Crippen molar-refractivity contribution in [3.05, 3.63) is 55.8 Å². The van der Waals surface area contributed by atoms with Gasteiger partial charge < -0.3 is 9.84 Å². The number of ether oxygens (including phenoxy) is 1. The van der Waals surface area contributed by atoms with Crippen LogP contribution >= 0.6 is 43.6 Å². The molecule has 0 unspecified atom stereocenters. The summed E-state index contributed by atoms with van der Waals surface area (Å²) in [6.07, 6.45) is 1.47. The van der Waals surface area contributed by atoms with Crippen LogP contribution in [0, 0.1) is 0 Å². The Bertz CT molecular complexity index is 899. The average Bonchev–Trinajstić information content (AvgIpc) is 2.89. The number of rotatable bonds is 3. The van der Waals surface area contributed by atoms with Crippen molar-refractivity contribution in [2.75, 3.05) is 12.0 Å². The van der Waals surface area contributed by atoms with Crippen molar-refractivity contribution in [1.29, 1.82) is 0 Å². The van der Waals surface area contributed by atoms with E-state index in [1.807, 2.05) is 0 Å². The second-order valence-corrected chi connectivity index (χ2v) is 7.63. The van der Waals surface area contributed by atoms with Crippen molar-refractivity contribution in [3.8, 4) is 11.5 Å². The van der Waals surface area contributed by atoms with Gasteiger partial charge in [-0.05, 0) is 67.9 Å². The summed E-state index contributed by atoms with van der Waals surface area (Å²) in [5.41, 5.74) is 0.855. The summed E-state index contributed by atoms with van der Waals surface area (Å²) in [5.74, 6) is -0.306. The number of halogens is 2. The fraction of sp³-hybridized carbons (Fsp3) is 0.0588. The van der Waals surface area contributed by atoms with E-state index in [1.54, 1.807) is 36.4 Å². The number of aromatic hydroxyl groups is 1. The Labute approximate surface area is 164 Å². The minimum atomic E-state index is -0.438. The van der Waals surface area contributed by atoms with Crippen LogP contribution in [0.5, 0.6) is 11.5 Å². The zero-order valence-electron chi connectivity index (χ0n) is 12.8. The van der Waals surface area contributed by atoms with Gasteiger partial charge in [0.05, 0.1) is 17.7 Å². The third-order valence-electron chi connectivity index (χ3n) is 3.50. The third kappa shape index (κ3) is 3.33. The fourth-order valence-electron chi connectivity index (χ4n) is 2.30. The lowest BCUT2D eigenvalue weighted by atomic mass is 10.1. The molecule has 3 rings (SSSR count). The quantitative estimate of drug-likeness (QED) is 0.609. The summed E-state index contributed by atoms with van der Waals surface area (Å²) < 4.78 is 6.33. The average molecular weight is 485 g/mol. The van der Waals surface area contributed by atoms with Gasteiger partial charge in [0.15, 0.2) is 11.5 Å². The van der Waals surface area contributed by atoms with Crippen LogP contribution in [-0.4, -0.2) is 23.4 Å². The summed E-state index contributed by atoms with van der Waals surface area (Å²) in [6.45, 7) is 0. The molecule has 0 radical (unpaired) electrons. The molecule has 0 atom stereocenters. The second-order valence-electron chi connectivity index (χ2n) is 4.99. The highest BCUT2D eigenvalue weighted by atomic mass is 79.9. The third-order valence-corrected chi connectivity index (χ3v) is 6.38. The van der Waals surface area contributed by atoms with Crippen molar-refractivity contribution in [2.24, 2.45) is 0 Å². The maximum atomic E-state index is 12.7. The first-order chi connectivity index (χ1) is 11.9. The van der Waals surface area contributed by atoms with Crippen molar-refractivity contribution >= 4 is 66.5 Å². The molecule has 8 heteroatoms. The van der Waals surface area contributed by atoms with Gasteiger partial charge in [0.1, 0.15) is 0 Å². The zero-order chi connectivity index (χ0) is 18.1. The molecule has 2 aromatic rings. The summed E-state index contributed by atoms with van der Waals surface area (Å²) in [5, 5.41) is 9.96. The summed E-state index contributed by atoms with van der Waals surface area (Å²) in [4.78, 5) is 26.2. The van der Waals surface area contributed by atoms with Gasteiger partial charge in [-0.15, -0.1) is 0 Å². The molecule has 128 valence electrons. The summed E-state index contributed by atoms with van der Waals surface area (Å²) in [6, 6.07) is 10.3. The molecule has 5 nitrogen and oxygen atoms in total. The van der Waals surface area contributed by atoms with Crippen LogP contribution < -0.4 is 9.64 Å². The van der Waals surface area contributed by atoms with Crippen LogP contribution in [0.1, 0.15) is 5.56 Å². The highest BCUT2D eigenvalue weighted by Gasteiger charge is 2.36. The molecule has 2 aromatic carbocycles. The SMILES string of the molecule is COc1cc(Br)c(Br)c(/C=C2/SC(=O)N(c3ccccc3)C2=O)c1O. The van der Waals surface area contributed by atoms with Gasteiger partial charge in [0, 0.05) is 14.5 Å². The number of amides is 2. The van der Waals surface area contributed by atoms with Crippen molar-refractivity contribution in [2.45, 2.75) is 0 Å². The Hall–Kier alpha value is -1.77. The molecular formula is C17H11Br2NO4S. The Morgan fingerprint density at radius 3 is 2.52 bits per heavy atom. The van der Waals surface area contributed by atoms with Crippen LogP contribution in [0.3, 0.4) is 0 Å². The normalized spacial score (nSPS) is 16.0. The number of hydrogen-bond donors (Lipinski definition) is 1. The molecular weight excluding hydrogens is 474 g/mol. The molecule has 1 saturated heterocycles. The Kier molecular flexibility index (Phi) is 5.21. The van der Waals surface area contributed by atoms with E-state index in [2.05, 4.69) is 31.9 Å². The van der Waals surface area contributed by atoms with E-state index < -0.39 is 5.91 Å². The van der Waals surface area contributed by atoms with E-state index in [1.165, 1.54) is 13.2 Å². The molecule has 1 aliphatic rings. The number of carbonyl (C=O) groups excluding carboxylic acids is 2. The molecule has 1 fully saturated rings. The van der Waals surface area contributed by atoms with E-state index in [0.29, 0.717) is 20.2 Å². The number of imide groups is 1. The van der Waals surface area contributed by atoms with E-state index in [4.69, 9.17) is 4.74 Å². The maximum Gasteiger partial charge on any atom is 0.298 e. The second kappa shape index (κ2) is 7.23. The van der Waals surface area contributed by atoms with Gasteiger partial charge in [-0.1, -0.05) is 18.2 Å². The number of carbonyl (C=O) groups is 2. The number of methoxy groups -OCH3 is 1. The van der Waals surface area contributed by atoms with Gasteiger partial charge in [-0.25, -0.2) is 4.90 Å². The number of nitrogens with zero attached hydrogens (tertiary/aromatic N) is 1. The zero-order valence-corrected chi connectivity index (χ0v) is 16.8. The van der Waals surface area contributed by atoms with Gasteiger partial charge >= 0.3 is 0 Å². The number of benzene rings is 2. The lowest BCUT2D eigenvalue weighted by Gasteiger charge is -2.12. The van der Waals surface area contributed by atoms with Gasteiger partial charge in [0.2, 0.25) is 0 Å². The highest BCUT2D eigenvalue weighted by Crippen LogP contribution is 2.44. The number of hydrogen-bond acceptors (Lipinski definition) is 5. The molecule has 0 aliphatic carbocycles. The molecule has 1 N–H and O–H groups in total. The molecule has 0 saturated carbocycles. The summed E-state index contributed by atoms with van der Waals surface area (Å²) >= 11 is 7.55. The molecule has 2 amide bonds. The van der Waals surface area contributed by atoms with Crippen LogP contribution in [0.15, 0.2) is 50.2 Å². The molecule has 0 spiro atoms. The molecule has 1 heterocycles. The van der Waals surface area contributed by atoms with E-state index >= 15 is 0 Å². The molecule has 0 bridgehead atoms. The Morgan fingerprint density at radius 2 is 1.88 bits per heavy atom. The van der Waals surface area contributed by atoms with Crippen LogP contribution in [0.25, 0.3) is 6.08 Å². The first-order valence-electron chi connectivity index (χ1n) is 7.02. The summed E-state index contributed by atoms with van der Waals surface area (Å²) in [7, 11) is 1.43. The maximum absolute atomic E-state index is 12.7. The predicted octanol–water partition coefficient (Wildman–Crippen LogP) is 5.17. The van der Waals surface area contributed by atoms with Crippen LogP contribution in [0.2, 0.25) is 0 Å². The minimum absolute atomic E-state index is 0.121. The van der Waals surface area contributed by atoms with Crippen molar-refractivity contribution in [3.63, 3.8) is 0 Å². The molecule has 0 aromatic heterocycles. The lowest BCUT2D eigenvalue weighted by Crippen LogP contribution is -2.27. The van der Waals surface area contributed by atoms with Gasteiger partial charge in [0.25, 0.3) is 11.1 Å². The standard InChI is InChI=1S/C17H11Br2NO4S/c1-24-12-8-11(18)14(19)10(15(12)21)7-13-16(22)20(17(23)25-13)9-5-3-2-4-6-9/h2-8,21H,1H3/b13-7+. The van der Waals surface area contributed by atoms with Crippen LogP contribution in [0.4, 0.5) is 10.5 Å². The van der Waals surface area contributed by atoms with Gasteiger partial charge in [-0.3, -0.25) is 9.59 Å². The smallest absolute Gasteiger partial charge is 0.298 e. The first kappa shape index (κ1) is 18.0. The molecule has 25 heavy (non-hydrogen) atoms. The molecule has 1 aliphatic heterocycles. The first-order valence-corrected chi connectivity index (χ1v) is 9.42. The van der Waals surface area contributed by atoms with Crippen LogP contribution in [-0.2, 0) is 4.79 Å². The Balaban J connectivity index is 2.05. The predicted molar refractivity (Wildman–Crippen MR) is 105 cm³/mol. The van der Waals surface area contributed by atoms with E-state index in [-0.39, 0.29) is 21.6 Å². The fourth-order valence-corrected chi connectivity index (χ4v) is 3.96. The number of phenols is 1. The number of anilines is 1. The van der Waals surface area contributed by atoms with E-state index in [0.717, 1.165) is 16.7 Å². The monoisotopic (exact) mass is 483 g/mol. The van der Waals surface area contributed by atoms with E-state index in [9.17, 15) is 14.7 Å². The number of phenolic OH excluding ortho intramolecular Hbond substituents is 1. The van der Waals surface area contributed by atoms with Crippen molar-refractivity contribution in [1.82, 2.24) is 0 Å².